The molecule has 0 saturated carbocycles. The van der Waals surface area contributed by atoms with Gasteiger partial charge in [-0.2, -0.15) is 0 Å². The summed E-state index contributed by atoms with van der Waals surface area (Å²) in [7, 11) is 0. The van der Waals surface area contributed by atoms with E-state index in [1.807, 2.05) is 65.8 Å². The van der Waals surface area contributed by atoms with Crippen LogP contribution < -0.4 is 10.6 Å². The summed E-state index contributed by atoms with van der Waals surface area (Å²) in [4.78, 5) is 42.5. The predicted octanol–water partition coefficient (Wildman–Crippen LogP) is 6.15. The molecule has 0 aliphatic rings. The van der Waals surface area contributed by atoms with E-state index in [9.17, 15) is 14.4 Å². The largest absolute Gasteiger partial charge is 0.444 e. The van der Waals surface area contributed by atoms with Crippen molar-refractivity contribution in [3.63, 3.8) is 0 Å². The Morgan fingerprint density at radius 2 is 1.49 bits per heavy atom. The van der Waals surface area contributed by atoms with Crippen LogP contribution in [0.4, 0.5) is 4.79 Å². The molecule has 1 aromatic rings. The van der Waals surface area contributed by atoms with Gasteiger partial charge in [0.2, 0.25) is 11.8 Å². The van der Waals surface area contributed by atoms with Crippen molar-refractivity contribution in [3.8, 4) is 0 Å². The smallest absolute Gasteiger partial charge is 0.408 e. The number of nitrogens with zero attached hydrogens (tertiary/aromatic N) is 1. The first-order valence-electron chi connectivity index (χ1n) is 13.7. The van der Waals surface area contributed by atoms with E-state index < -0.39 is 23.8 Å². The Morgan fingerprint density at radius 3 is 1.97 bits per heavy atom. The number of benzene rings is 1. The van der Waals surface area contributed by atoms with Crippen molar-refractivity contribution in [2.75, 3.05) is 0 Å². The van der Waals surface area contributed by atoms with Crippen LogP contribution in [-0.2, 0) is 14.3 Å². The van der Waals surface area contributed by atoms with Crippen molar-refractivity contribution >= 4 is 17.9 Å². The highest BCUT2D eigenvalue weighted by molar-refractivity contribution is 5.92. The van der Waals surface area contributed by atoms with Gasteiger partial charge in [-0.3, -0.25) is 9.59 Å². The third kappa shape index (κ3) is 11.1. The molecule has 0 aliphatic carbocycles. The molecule has 37 heavy (non-hydrogen) atoms. The van der Waals surface area contributed by atoms with E-state index in [4.69, 9.17) is 4.74 Å². The molecule has 3 unspecified atom stereocenters. The Bertz CT molecular complexity index is 889. The molecule has 0 aromatic heterocycles. The zero-order valence-electron chi connectivity index (χ0n) is 25.0. The Kier molecular flexibility index (Phi) is 12.6. The van der Waals surface area contributed by atoms with E-state index in [1.54, 1.807) is 25.7 Å². The second kappa shape index (κ2) is 14.4. The lowest BCUT2D eigenvalue weighted by Crippen LogP contribution is -2.56. The van der Waals surface area contributed by atoms with Gasteiger partial charge < -0.3 is 20.3 Å². The van der Waals surface area contributed by atoms with Gasteiger partial charge in [0.1, 0.15) is 17.7 Å². The molecule has 3 atom stereocenters. The maximum atomic E-state index is 14.4. The fourth-order valence-electron chi connectivity index (χ4n) is 4.31. The second-order valence-electron chi connectivity index (χ2n) is 12.3. The van der Waals surface area contributed by atoms with Crippen LogP contribution in [-0.4, -0.2) is 46.5 Å². The molecule has 0 bridgehead atoms. The van der Waals surface area contributed by atoms with Crippen molar-refractivity contribution in [2.24, 2.45) is 11.8 Å². The summed E-state index contributed by atoms with van der Waals surface area (Å²) in [5.41, 5.74) is 1.02. The number of ether oxygens (including phenoxy) is 1. The summed E-state index contributed by atoms with van der Waals surface area (Å²) in [6.07, 6.45) is 1.44. The molecular weight excluding hydrogens is 466 g/mol. The molecule has 1 aromatic carbocycles. The summed E-state index contributed by atoms with van der Waals surface area (Å²) < 4.78 is 5.48. The van der Waals surface area contributed by atoms with Gasteiger partial charge in [0.05, 0.1) is 0 Å². The second-order valence-corrected chi connectivity index (χ2v) is 12.3. The molecule has 0 spiro atoms. The van der Waals surface area contributed by atoms with E-state index in [2.05, 4.69) is 24.5 Å². The van der Waals surface area contributed by atoms with Gasteiger partial charge in [0, 0.05) is 12.1 Å². The minimum Gasteiger partial charge on any atom is -0.444 e. The molecule has 210 valence electrons. The molecule has 0 aliphatic heterocycles. The molecule has 0 saturated heterocycles. The predicted molar refractivity (Wildman–Crippen MR) is 150 cm³/mol. The average Bonchev–Trinajstić information content (AvgIpc) is 2.73. The molecule has 0 heterocycles. The molecule has 0 radical (unpaired) electrons. The first-order valence-corrected chi connectivity index (χ1v) is 13.7. The Labute approximate surface area is 225 Å². The molecule has 1 rings (SSSR count). The number of amides is 3. The van der Waals surface area contributed by atoms with Crippen LogP contribution in [0.3, 0.4) is 0 Å². The van der Waals surface area contributed by atoms with Gasteiger partial charge in [-0.1, -0.05) is 52.0 Å². The zero-order chi connectivity index (χ0) is 28.5. The minimum absolute atomic E-state index is 0.0895. The van der Waals surface area contributed by atoms with E-state index in [-0.39, 0.29) is 29.8 Å². The van der Waals surface area contributed by atoms with E-state index in [1.165, 1.54) is 0 Å². The topological polar surface area (TPSA) is 87.7 Å². The van der Waals surface area contributed by atoms with Crippen LogP contribution in [0.1, 0.15) is 106 Å². The summed E-state index contributed by atoms with van der Waals surface area (Å²) in [5.74, 6) is 0.0860. The van der Waals surface area contributed by atoms with Gasteiger partial charge in [0.25, 0.3) is 0 Å². The fraction of sp³-hybridized carbons (Fsp3) is 0.700. The third-order valence-corrected chi connectivity index (χ3v) is 6.03. The van der Waals surface area contributed by atoms with Crippen molar-refractivity contribution in [1.29, 1.82) is 0 Å². The van der Waals surface area contributed by atoms with Crippen LogP contribution in [0.25, 0.3) is 0 Å². The summed E-state index contributed by atoms with van der Waals surface area (Å²) in [6, 6.07) is 5.72. The average molecular weight is 518 g/mol. The summed E-state index contributed by atoms with van der Waals surface area (Å²) in [5, 5.41) is 5.85. The van der Waals surface area contributed by atoms with Crippen LogP contribution >= 0.6 is 0 Å². The lowest BCUT2D eigenvalue weighted by atomic mass is 9.93. The normalized spacial score (nSPS) is 14.3. The monoisotopic (exact) mass is 517 g/mol. The van der Waals surface area contributed by atoms with Crippen LogP contribution in [0, 0.1) is 18.8 Å². The van der Waals surface area contributed by atoms with Crippen LogP contribution in [0.15, 0.2) is 24.3 Å². The SMILES string of the molecule is Cc1ccccc1C(C(=O)NC(C)C)N(C(=O)C(CC(C)C)NC(=O)OC(C)(C)C)C(C)CCC(C)C. The number of hydrogen-bond donors (Lipinski definition) is 2. The fourth-order valence-corrected chi connectivity index (χ4v) is 4.31. The number of carbonyl (C=O) groups excluding carboxylic acids is 3. The number of rotatable bonds is 12. The number of nitrogens with one attached hydrogen (secondary N) is 2. The lowest BCUT2D eigenvalue weighted by molar-refractivity contribution is -0.145. The molecule has 3 amide bonds. The third-order valence-electron chi connectivity index (χ3n) is 6.03. The molecule has 0 fully saturated rings. The number of hydrogen-bond acceptors (Lipinski definition) is 4. The lowest BCUT2D eigenvalue weighted by Gasteiger charge is -2.39. The maximum Gasteiger partial charge on any atom is 0.408 e. The number of carbonyl (C=O) groups is 3. The molecule has 7 heteroatoms. The maximum absolute atomic E-state index is 14.4. The Balaban J connectivity index is 3.63. The molecule has 7 nitrogen and oxygen atoms in total. The standard InChI is InChI=1S/C30H51N3O4/c1-19(2)16-17-23(8)33(26(27(34)31-21(5)6)24-15-13-12-14-22(24)7)28(35)25(18-20(3)4)32-29(36)37-30(9,10)11/h12-15,19-21,23,25-26H,16-18H2,1-11H3,(H,31,34)(H,32,36). The Hall–Kier alpha value is -2.57. The van der Waals surface area contributed by atoms with E-state index in [0.717, 1.165) is 24.0 Å². The van der Waals surface area contributed by atoms with E-state index >= 15 is 0 Å². The van der Waals surface area contributed by atoms with Crippen molar-refractivity contribution < 1.29 is 19.1 Å². The zero-order valence-corrected chi connectivity index (χ0v) is 25.0. The highest BCUT2D eigenvalue weighted by Crippen LogP contribution is 2.30. The van der Waals surface area contributed by atoms with Crippen LogP contribution in [0.2, 0.25) is 0 Å². The summed E-state index contributed by atoms with van der Waals surface area (Å²) >= 11 is 0. The van der Waals surface area contributed by atoms with Gasteiger partial charge in [-0.05, 0) is 90.7 Å². The van der Waals surface area contributed by atoms with E-state index in [0.29, 0.717) is 12.3 Å². The summed E-state index contributed by atoms with van der Waals surface area (Å²) in [6.45, 7) is 21.4. The highest BCUT2D eigenvalue weighted by Gasteiger charge is 2.39. The van der Waals surface area contributed by atoms with Crippen molar-refractivity contribution in [3.05, 3.63) is 35.4 Å². The Morgan fingerprint density at radius 1 is 0.892 bits per heavy atom. The van der Waals surface area contributed by atoms with Gasteiger partial charge in [-0.15, -0.1) is 0 Å². The number of alkyl carbamates (subject to hydrolysis) is 1. The molecular formula is C30H51N3O4. The van der Waals surface area contributed by atoms with Gasteiger partial charge >= 0.3 is 6.09 Å². The van der Waals surface area contributed by atoms with Crippen molar-refractivity contribution in [2.45, 2.75) is 125 Å². The number of aryl methyl sites for hydroxylation is 1. The van der Waals surface area contributed by atoms with Gasteiger partial charge in [-0.25, -0.2) is 4.79 Å². The first-order chi connectivity index (χ1) is 17.0. The van der Waals surface area contributed by atoms with Crippen LogP contribution in [0.5, 0.6) is 0 Å². The van der Waals surface area contributed by atoms with Crippen molar-refractivity contribution in [1.82, 2.24) is 15.5 Å². The quantitative estimate of drug-likeness (QED) is 0.348. The van der Waals surface area contributed by atoms with Gasteiger partial charge in [0.15, 0.2) is 0 Å². The molecule has 2 N–H and O–H groups in total. The highest BCUT2D eigenvalue weighted by atomic mass is 16.6. The minimum atomic E-state index is -0.826. The first kappa shape index (κ1) is 32.5.